The van der Waals surface area contributed by atoms with Gasteiger partial charge in [-0.1, -0.05) is 18.2 Å². The molecule has 31 heavy (non-hydrogen) atoms. The zero-order chi connectivity index (χ0) is 22.5. The van der Waals surface area contributed by atoms with E-state index in [4.69, 9.17) is 14.2 Å². The van der Waals surface area contributed by atoms with Crippen LogP contribution in [0, 0.1) is 11.3 Å². The molecule has 0 aromatic heterocycles. The SMILES string of the molecule is COc1ccc(CN2C(=O)C(C#N)=C(C)/C(=C\c3ccc(OC)c(OC)c3)C2=O)cc1. The van der Waals surface area contributed by atoms with Crippen molar-refractivity contribution in [3.8, 4) is 23.3 Å². The highest BCUT2D eigenvalue weighted by atomic mass is 16.5. The Hall–Kier alpha value is -4.05. The van der Waals surface area contributed by atoms with E-state index in [9.17, 15) is 14.9 Å². The topological polar surface area (TPSA) is 88.9 Å². The van der Waals surface area contributed by atoms with Gasteiger partial charge in [0.1, 0.15) is 17.4 Å². The Morgan fingerprint density at radius 3 is 2.19 bits per heavy atom. The van der Waals surface area contributed by atoms with Gasteiger partial charge in [0.05, 0.1) is 27.9 Å². The van der Waals surface area contributed by atoms with Crippen LogP contribution in [0.4, 0.5) is 0 Å². The molecule has 2 aromatic rings. The molecule has 0 N–H and O–H groups in total. The third kappa shape index (κ3) is 4.28. The first-order chi connectivity index (χ1) is 14.9. The quantitative estimate of drug-likeness (QED) is 0.527. The number of hydrogen-bond donors (Lipinski definition) is 0. The van der Waals surface area contributed by atoms with Gasteiger partial charge in [0.25, 0.3) is 11.8 Å². The standard InChI is InChI=1S/C24H22N2O5/c1-15-19(11-17-7-10-21(30-3)22(12-17)31-4)23(27)26(24(28)20(15)13-25)14-16-5-8-18(29-2)9-6-16/h5-12H,14H2,1-4H3/b19-11+. The van der Waals surface area contributed by atoms with Gasteiger partial charge in [-0.15, -0.1) is 0 Å². The van der Waals surface area contributed by atoms with Crippen LogP contribution < -0.4 is 14.2 Å². The van der Waals surface area contributed by atoms with E-state index in [1.807, 2.05) is 6.07 Å². The first-order valence-corrected chi connectivity index (χ1v) is 9.47. The first-order valence-electron chi connectivity index (χ1n) is 9.47. The largest absolute Gasteiger partial charge is 0.497 e. The molecule has 0 fully saturated rings. The molecule has 7 heteroatoms. The maximum Gasteiger partial charge on any atom is 0.271 e. The minimum absolute atomic E-state index is 0.0450. The highest BCUT2D eigenvalue weighted by Crippen LogP contribution is 2.32. The fraction of sp³-hybridized carbons (Fsp3) is 0.208. The maximum absolute atomic E-state index is 13.2. The van der Waals surface area contributed by atoms with E-state index in [1.165, 1.54) is 14.2 Å². The highest BCUT2D eigenvalue weighted by Gasteiger charge is 2.35. The molecule has 1 aliphatic rings. The van der Waals surface area contributed by atoms with Gasteiger partial charge in [-0.3, -0.25) is 14.5 Å². The van der Waals surface area contributed by atoms with Gasteiger partial charge < -0.3 is 14.2 Å². The smallest absolute Gasteiger partial charge is 0.271 e. The number of rotatable bonds is 6. The van der Waals surface area contributed by atoms with E-state index in [-0.39, 0.29) is 17.7 Å². The number of hydrogen-bond acceptors (Lipinski definition) is 6. The number of imide groups is 1. The van der Waals surface area contributed by atoms with Crippen molar-refractivity contribution in [2.45, 2.75) is 13.5 Å². The summed E-state index contributed by atoms with van der Waals surface area (Å²) in [6.07, 6.45) is 1.64. The number of amides is 2. The van der Waals surface area contributed by atoms with Crippen LogP contribution in [0.5, 0.6) is 17.2 Å². The van der Waals surface area contributed by atoms with Crippen molar-refractivity contribution in [1.82, 2.24) is 4.90 Å². The van der Waals surface area contributed by atoms with Crippen LogP contribution in [0.3, 0.4) is 0 Å². The van der Waals surface area contributed by atoms with Crippen LogP contribution in [-0.2, 0) is 16.1 Å². The van der Waals surface area contributed by atoms with Crippen LogP contribution >= 0.6 is 0 Å². The average molecular weight is 418 g/mol. The molecule has 0 atom stereocenters. The molecule has 0 unspecified atom stereocenters. The third-order valence-electron chi connectivity index (χ3n) is 5.04. The summed E-state index contributed by atoms with van der Waals surface area (Å²) in [6.45, 7) is 1.65. The summed E-state index contributed by atoms with van der Waals surface area (Å²) >= 11 is 0. The summed E-state index contributed by atoms with van der Waals surface area (Å²) in [7, 11) is 4.62. The zero-order valence-electron chi connectivity index (χ0n) is 17.8. The number of carbonyl (C=O) groups excluding carboxylic acids is 2. The summed E-state index contributed by atoms with van der Waals surface area (Å²) in [5, 5.41) is 9.56. The molecular formula is C24H22N2O5. The second-order valence-electron chi connectivity index (χ2n) is 6.83. The zero-order valence-corrected chi connectivity index (χ0v) is 17.8. The molecule has 0 radical (unpaired) electrons. The van der Waals surface area contributed by atoms with E-state index in [1.54, 1.807) is 62.6 Å². The molecule has 2 aromatic carbocycles. The fourth-order valence-electron chi connectivity index (χ4n) is 3.30. The number of benzene rings is 2. The third-order valence-corrected chi connectivity index (χ3v) is 5.04. The molecular weight excluding hydrogens is 396 g/mol. The van der Waals surface area contributed by atoms with Gasteiger partial charge in [0.15, 0.2) is 11.5 Å². The van der Waals surface area contributed by atoms with Crippen LogP contribution in [0.25, 0.3) is 6.08 Å². The lowest BCUT2D eigenvalue weighted by atomic mass is 9.93. The molecule has 158 valence electrons. The lowest BCUT2D eigenvalue weighted by Gasteiger charge is -2.27. The Bertz CT molecular complexity index is 1120. The number of methoxy groups -OCH3 is 3. The van der Waals surface area contributed by atoms with Gasteiger partial charge in [0.2, 0.25) is 0 Å². The fourth-order valence-corrected chi connectivity index (χ4v) is 3.30. The summed E-state index contributed by atoms with van der Waals surface area (Å²) in [5.41, 5.74) is 1.98. The number of carbonyl (C=O) groups is 2. The molecule has 3 rings (SSSR count). The minimum atomic E-state index is -0.606. The summed E-state index contributed by atoms with van der Waals surface area (Å²) in [6, 6.07) is 14.2. The molecule has 0 aliphatic carbocycles. The molecule has 1 aliphatic heterocycles. The predicted molar refractivity (Wildman–Crippen MR) is 114 cm³/mol. The van der Waals surface area contributed by atoms with E-state index in [2.05, 4.69) is 0 Å². The van der Waals surface area contributed by atoms with Crippen molar-refractivity contribution < 1.29 is 23.8 Å². The van der Waals surface area contributed by atoms with Gasteiger partial charge in [-0.2, -0.15) is 5.26 Å². The second kappa shape index (κ2) is 9.18. The molecule has 7 nitrogen and oxygen atoms in total. The highest BCUT2D eigenvalue weighted by molar-refractivity contribution is 6.19. The Balaban J connectivity index is 2.02. The number of nitrogens with zero attached hydrogens (tertiary/aromatic N) is 2. The van der Waals surface area contributed by atoms with Crippen LogP contribution in [0.2, 0.25) is 0 Å². The molecule has 1 heterocycles. The van der Waals surface area contributed by atoms with Crippen LogP contribution in [0.1, 0.15) is 18.1 Å². The van der Waals surface area contributed by atoms with Gasteiger partial charge in [-0.25, -0.2) is 0 Å². The van der Waals surface area contributed by atoms with Crippen molar-refractivity contribution in [3.05, 3.63) is 70.3 Å². The molecule has 2 amide bonds. The van der Waals surface area contributed by atoms with E-state index < -0.39 is 11.8 Å². The van der Waals surface area contributed by atoms with Crippen molar-refractivity contribution in [2.24, 2.45) is 0 Å². The Kier molecular flexibility index (Phi) is 6.41. The average Bonchev–Trinajstić information content (AvgIpc) is 2.80. The summed E-state index contributed by atoms with van der Waals surface area (Å²) in [4.78, 5) is 27.1. The normalized spacial score (nSPS) is 15.2. The van der Waals surface area contributed by atoms with E-state index in [0.717, 1.165) is 10.5 Å². The minimum Gasteiger partial charge on any atom is -0.497 e. The van der Waals surface area contributed by atoms with Gasteiger partial charge >= 0.3 is 0 Å². The van der Waals surface area contributed by atoms with Crippen molar-refractivity contribution in [3.63, 3.8) is 0 Å². The monoisotopic (exact) mass is 418 g/mol. The Morgan fingerprint density at radius 1 is 0.935 bits per heavy atom. The summed E-state index contributed by atoms with van der Waals surface area (Å²) in [5.74, 6) is 0.661. The van der Waals surface area contributed by atoms with Crippen LogP contribution in [0.15, 0.2) is 59.2 Å². The van der Waals surface area contributed by atoms with E-state index in [0.29, 0.717) is 28.4 Å². The number of nitriles is 1. The number of ether oxygens (including phenoxy) is 3. The Labute approximate surface area is 180 Å². The lowest BCUT2D eigenvalue weighted by Crippen LogP contribution is -2.42. The van der Waals surface area contributed by atoms with Crippen molar-refractivity contribution in [1.29, 1.82) is 5.26 Å². The van der Waals surface area contributed by atoms with Crippen molar-refractivity contribution in [2.75, 3.05) is 21.3 Å². The van der Waals surface area contributed by atoms with Gasteiger partial charge in [0, 0.05) is 5.57 Å². The molecule has 0 saturated carbocycles. The Morgan fingerprint density at radius 2 is 1.61 bits per heavy atom. The summed E-state index contributed by atoms with van der Waals surface area (Å²) < 4.78 is 15.7. The first kappa shape index (κ1) is 21.7. The van der Waals surface area contributed by atoms with Gasteiger partial charge in [-0.05, 0) is 54.0 Å². The molecule has 0 bridgehead atoms. The molecule has 0 saturated heterocycles. The lowest BCUT2D eigenvalue weighted by molar-refractivity contribution is -0.141. The maximum atomic E-state index is 13.2. The second-order valence-corrected chi connectivity index (χ2v) is 6.83. The van der Waals surface area contributed by atoms with E-state index >= 15 is 0 Å². The predicted octanol–water partition coefficient (Wildman–Crippen LogP) is 3.50. The van der Waals surface area contributed by atoms with Crippen molar-refractivity contribution >= 4 is 17.9 Å². The molecule has 0 spiro atoms. The van der Waals surface area contributed by atoms with Crippen LogP contribution in [-0.4, -0.2) is 38.0 Å².